The van der Waals surface area contributed by atoms with Gasteiger partial charge in [0.25, 0.3) is 0 Å². The number of alkyl halides is 3. The topological polar surface area (TPSA) is 57.0 Å². The molecule has 0 atom stereocenters. The molecule has 0 spiro atoms. The van der Waals surface area contributed by atoms with Crippen molar-refractivity contribution in [2.24, 2.45) is 0 Å². The van der Waals surface area contributed by atoms with Crippen molar-refractivity contribution in [3.8, 4) is 11.4 Å². The number of carbonyl (C=O) groups excluding carboxylic acids is 1. The summed E-state index contributed by atoms with van der Waals surface area (Å²) in [5.74, 6) is -0.290. The van der Waals surface area contributed by atoms with Crippen molar-refractivity contribution in [1.29, 1.82) is 0 Å². The molecular weight excluding hydrogens is 347 g/mol. The molecule has 0 saturated heterocycles. The summed E-state index contributed by atoms with van der Waals surface area (Å²) in [4.78, 5) is 19.5. The average molecular weight is 357 g/mol. The second kappa shape index (κ2) is 5.83. The third kappa shape index (κ3) is 2.85. The standard InChI is InChI=1S/C18H10F3N3O2/c19-18(20,21)26-13-4-2-12(3-5-13)24-10-22-17-14-6-1-11(9-25)23-15(14)7-8-16(17)24/h1-10H. The third-order valence-corrected chi connectivity index (χ3v) is 3.87. The van der Waals surface area contributed by atoms with Crippen LogP contribution in [-0.2, 0) is 0 Å². The van der Waals surface area contributed by atoms with Crippen molar-refractivity contribution in [2.75, 3.05) is 0 Å². The number of imidazole rings is 1. The van der Waals surface area contributed by atoms with Gasteiger partial charge in [-0.25, -0.2) is 9.97 Å². The summed E-state index contributed by atoms with van der Waals surface area (Å²) in [7, 11) is 0. The highest BCUT2D eigenvalue weighted by atomic mass is 19.4. The number of hydrogen-bond donors (Lipinski definition) is 0. The molecule has 0 fully saturated rings. The first-order valence-corrected chi connectivity index (χ1v) is 7.53. The largest absolute Gasteiger partial charge is 0.573 e. The molecule has 0 amide bonds. The molecule has 4 rings (SSSR count). The average Bonchev–Trinajstić information content (AvgIpc) is 3.05. The van der Waals surface area contributed by atoms with E-state index in [-0.39, 0.29) is 5.75 Å². The second-order valence-corrected chi connectivity index (χ2v) is 5.51. The normalized spacial score (nSPS) is 11.8. The zero-order chi connectivity index (χ0) is 18.3. The van der Waals surface area contributed by atoms with Gasteiger partial charge < -0.3 is 4.74 Å². The molecule has 4 aromatic rings. The number of aldehydes is 1. The second-order valence-electron chi connectivity index (χ2n) is 5.51. The lowest BCUT2D eigenvalue weighted by Crippen LogP contribution is -2.17. The van der Waals surface area contributed by atoms with Crippen LogP contribution in [0, 0.1) is 0 Å². The molecule has 0 saturated carbocycles. The maximum atomic E-state index is 12.3. The minimum absolute atomic E-state index is 0.290. The van der Waals surface area contributed by atoms with Crippen LogP contribution in [0.1, 0.15) is 10.5 Å². The fraction of sp³-hybridized carbons (Fsp3) is 0.0556. The highest BCUT2D eigenvalue weighted by molar-refractivity contribution is 6.03. The van der Waals surface area contributed by atoms with Gasteiger partial charge in [-0.1, -0.05) is 0 Å². The smallest absolute Gasteiger partial charge is 0.406 e. The molecule has 0 N–H and O–H groups in total. The highest BCUT2D eigenvalue weighted by Gasteiger charge is 2.31. The molecular formula is C18H10F3N3O2. The van der Waals surface area contributed by atoms with E-state index < -0.39 is 6.36 Å². The Bertz CT molecular complexity index is 1120. The van der Waals surface area contributed by atoms with Gasteiger partial charge in [0, 0.05) is 11.1 Å². The van der Waals surface area contributed by atoms with Crippen LogP contribution in [0.4, 0.5) is 13.2 Å². The zero-order valence-electron chi connectivity index (χ0n) is 13.1. The summed E-state index contributed by atoms with van der Waals surface area (Å²) in [5.41, 5.74) is 3.06. The molecule has 0 aliphatic rings. The summed E-state index contributed by atoms with van der Waals surface area (Å²) >= 11 is 0. The molecule has 2 aromatic heterocycles. The predicted octanol–water partition coefficient (Wildman–Crippen LogP) is 4.28. The molecule has 26 heavy (non-hydrogen) atoms. The van der Waals surface area contributed by atoms with Gasteiger partial charge in [0.05, 0.1) is 16.6 Å². The lowest BCUT2D eigenvalue weighted by Gasteiger charge is -2.10. The van der Waals surface area contributed by atoms with Crippen molar-refractivity contribution in [1.82, 2.24) is 14.5 Å². The van der Waals surface area contributed by atoms with Gasteiger partial charge in [0.2, 0.25) is 0 Å². The van der Waals surface area contributed by atoms with Crippen LogP contribution >= 0.6 is 0 Å². The maximum Gasteiger partial charge on any atom is 0.573 e. The number of carbonyl (C=O) groups is 1. The zero-order valence-corrected chi connectivity index (χ0v) is 13.1. The Balaban J connectivity index is 1.77. The minimum Gasteiger partial charge on any atom is -0.406 e. The Labute approximate surface area is 144 Å². The number of rotatable bonds is 3. The van der Waals surface area contributed by atoms with Crippen LogP contribution in [0.3, 0.4) is 0 Å². The monoisotopic (exact) mass is 357 g/mol. The van der Waals surface area contributed by atoms with Crippen molar-refractivity contribution >= 4 is 28.2 Å². The Morgan fingerprint density at radius 2 is 1.77 bits per heavy atom. The summed E-state index contributed by atoms with van der Waals surface area (Å²) in [6.07, 6.45) is -2.47. The van der Waals surface area contributed by atoms with Crippen molar-refractivity contribution in [3.63, 3.8) is 0 Å². The summed E-state index contributed by atoms with van der Waals surface area (Å²) < 4.78 is 42.4. The molecule has 0 radical (unpaired) electrons. The number of pyridine rings is 1. The lowest BCUT2D eigenvalue weighted by molar-refractivity contribution is -0.274. The maximum absolute atomic E-state index is 12.3. The van der Waals surface area contributed by atoms with Crippen molar-refractivity contribution in [2.45, 2.75) is 6.36 Å². The van der Waals surface area contributed by atoms with E-state index in [9.17, 15) is 18.0 Å². The van der Waals surface area contributed by atoms with Crippen LogP contribution in [0.15, 0.2) is 54.9 Å². The number of hydrogen-bond acceptors (Lipinski definition) is 4. The predicted molar refractivity (Wildman–Crippen MR) is 88.4 cm³/mol. The van der Waals surface area contributed by atoms with Gasteiger partial charge >= 0.3 is 6.36 Å². The SMILES string of the molecule is O=Cc1ccc2c(ccc3c2ncn3-c2ccc(OC(F)(F)F)cc2)n1. The van der Waals surface area contributed by atoms with Crippen LogP contribution in [0.2, 0.25) is 0 Å². The van der Waals surface area contributed by atoms with E-state index in [1.165, 1.54) is 24.3 Å². The van der Waals surface area contributed by atoms with E-state index in [0.29, 0.717) is 28.7 Å². The number of fused-ring (bicyclic) bond motifs is 3. The fourth-order valence-corrected chi connectivity index (χ4v) is 2.78. The lowest BCUT2D eigenvalue weighted by atomic mass is 10.1. The van der Waals surface area contributed by atoms with Gasteiger partial charge in [-0.05, 0) is 48.5 Å². The van der Waals surface area contributed by atoms with Crippen LogP contribution in [0.5, 0.6) is 5.75 Å². The number of aromatic nitrogens is 3. The van der Waals surface area contributed by atoms with Gasteiger partial charge in [-0.3, -0.25) is 9.36 Å². The molecule has 2 aromatic carbocycles. The first-order valence-electron chi connectivity index (χ1n) is 7.53. The van der Waals surface area contributed by atoms with Gasteiger partial charge in [0.15, 0.2) is 6.29 Å². The number of halogens is 3. The Morgan fingerprint density at radius 1 is 1.00 bits per heavy atom. The summed E-state index contributed by atoms with van der Waals surface area (Å²) in [5, 5.41) is 0.781. The molecule has 0 aliphatic heterocycles. The molecule has 0 aliphatic carbocycles. The molecule has 8 heteroatoms. The van der Waals surface area contributed by atoms with E-state index in [0.717, 1.165) is 10.9 Å². The van der Waals surface area contributed by atoms with Crippen molar-refractivity contribution in [3.05, 3.63) is 60.6 Å². The first kappa shape index (κ1) is 16.1. The van der Waals surface area contributed by atoms with E-state index in [2.05, 4.69) is 14.7 Å². The minimum atomic E-state index is -4.73. The van der Waals surface area contributed by atoms with E-state index in [1.54, 1.807) is 35.2 Å². The third-order valence-electron chi connectivity index (χ3n) is 3.87. The summed E-state index contributed by atoms with van der Waals surface area (Å²) in [6, 6.07) is 12.5. The van der Waals surface area contributed by atoms with Crippen LogP contribution in [0.25, 0.3) is 27.6 Å². The molecule has 5 nitrogen and oxygen atoms in total. The number of nitrogens with zero attached hydrogens (tertiary/aromatic N) is 3. The van der Waals surface area contributed by atoms with Crippen molar-refractivity contribution < 1.29 is 22.7 Å². The highest BCUT2D eigenvalue weighted by Crippen LogP contribution is 2.27. The molecule has 2 heterocycles. The van der Waals surface area contributed by atoms with E-state index >= 15 is 0 Å². The fourth-order valence-electron chi connectivity index (χ4n) is 2.78. The van der Waals surface area contributed by atoms with Crippen LogP contribution < -0.4 is 4.74 Å². The number of benzene rings is 2. The van der Waals surface area contributed by atoms with Gasteiger partial charge in [-0.2, -0.15) is 0 Å². The first-order chi connectivity index (χ1) is 12.4. The van der Waals surface area contributed by atoms with E-state index in [4.69, 9.17) is 0 Å². The number of ether oxygens (including phenoxy) is 1. The molecule has 130 valence electrons. The molecule has 0 bridgehead atoms. The Kier molecular flexibility index (Phi) is 3.61. The Morgan fingerprint density at radius 3 is 2.46 bits per heavy atom. The van der Waals surface area contributed by atoms with E-state index in [1.807, 2.05) is 0 Å². The summed E-state index contributed by atoms with van der Waals surface area (Å²) in [6.45, 7) is 0. The quantitative estimate of drug-likeness (QED) is 0.514. The van der Waals surface area contributed by atoms with Gasteiger partial charge in [0.1, 0.15) is 17.8 Å². The van der Waals surface area contributed by atoms with Crippen LogP contribution in [-0.4, -0.2) is 27.2 Å². The Hall–Kier alpha value is -3.42. The molecule has 0 unspecified atom stereocenters. The van der Waals surface area contributed by atoms with Gasteiger partial charge in [-0.15, -0.1) is 13.2 Å².